The van der Waals surface area contributed by atoms with E-state index in [0.717, 1.165) is 5.56 Å². The number of carbonyl (C=O) groups is 1. The molecular formula is C10H8N2O2. The molecule has 0 unspecified atom stereocenters. The number of hydrogen-bond donors (Lipinski definition) is 0. The van der Waals surface area contributed by atoms with E-state index in [1.165, 1.54) is 6.21 Å². The third-order valence-corrected chi connectivity index (χ3v) is 1.86. The summed E-state index contributed by atoms with van der Waals surface area (Å²) in [7, 11) is 1.57. The molecule has 0 radical (unpaired) electrons. The SMILES string of the molecule is COc1ccccc1C1=NC(=O)C=N1. The minimum Gasteiger partial charge on any atom is -0.496 e. The molecule has 70 valence electrons. The van der Waals surface area contributed by atoms with Crippen LogP contribution in [0.4, 0.5) is 0 Å². The van der Waals surface area contributed by atoms with Crippen molar-refractivity contribution < 1.29 is 9.53 Å². The van der Waals surface area contributed by atoms with Crippen LogP contribution in [0.1, 0.15) is 5.56 Å². The van der Waals surface area contributed by atoms with Gasteiger partial charge in [0, 0.05) is 0 Å². The minimum atomic E-state index is -0.328. The van der Waals surface area contributed by atoms with Gasteiger partial charge in [-0.15, -0.1) is 0 Å². The molecule has 0 aliphatic carbocycles. The largest absolute Gasteiger partial charge is 0.496 e. The molecular weight excluding hydrogens is 180 g/mol. The highest BCUT2D eigenvalue weighted by Crippen LogP contribution is 2.19. The smallest absolute Gasteiger partial charge is 0.290 e. The molecule has 4 nitrogen and oxygen atoms in total. The van der Waals surface area contributed by atoms with Gasteiger partial charge in [-0.2, -0.15) is 4.99 Å². The van der Waals surface area contributed by atoms with Crippen LogP contribution in [0.5, 0.6) is 5.75 Å². The standard InChI is InChI=1S/C10H8N2O2/c1-14-8-5-3-2-4-7(8)10-11-6-9(13)12-10/h2-6H,1H3. The Bertz CT molecular complexity index is 436. The van der Waals surface area contributed by atoms with Crippen LogP contribution in [0.2, 0.25) is 0 Å². The normalized spacial score (nSPS) is 14.4. The summed E-state index contributed by atoms with van der Waals surface area (Å²) >= 11 is 0. The summed E-state index contributed by atoms with van der Waals surface area (Å²) in [4.78, 5) is 18.5. The van der Waals surface area contributed by atoms with Gasteiger partial charge in [0.05, 0.1) is 18.9 Å². The minimum absolute atomic E-state index is 0.328. The first kappa shape index (κ1) is 8.62. The first-order valence-electron chi connectivity index (χ1n) is 4.11. The number of amides is 1. The zero-order valence-electron chi connectivity index (χ0n) is 7.60. The molecule has 0 spiro atoms. The first-order valence-corrected chi connectivity index (χ1v) is 4.11. The number of aliphatic imine (C=N–C) groups is 2. The van der Waals surface area contributed by atoms with Crippen molar-refractivity contribution in [3.05, 3.63) is 29.8 Å². The second-order valence-electron chi connectivity index (χ2n) is 2.73. The fourth-order valence-electron chi connectivity index (χ4n) is 1.24. The number of ether oxygens (including phenoxy) is 1. The summed E-state index contributed by atoms with van der Waals surface area (Å²) in [5.74, 6) is 0.747. The number of amidine groups is 1. The highest BCUT2D eigenvalue weighted by atomic mass is 16.5. The quantitative estimate of drug-likeness (QED) is 0.696. The van der Waals surface area contributed by atoms with E-state index in [0.29, 0.717) is 11.6 Å². The van der Waals surface area contributed by atoms with Crippen molar-refractivity contribution in [1.29, 1.82) is 0 Å². The summed E-state index contributed by atoms with van der Waals surface area (Å²) in [6.45, 7) is 0. The summed E-state index contributed by atoms with van der Waals surface area (Å²) < 4.78 is 5.13. The molecule has 4 heteroatoms. The van der Waals surface area contributed by atoms with Crippen molar-refractivity contribution in [2.24, 2.45) is 9.98 Å². The van der Waals surface area contributed by atoms with Crippen LogP contribution < -0.4 is 4.74 Å². The van der Waals surface area contributed by atoms with Crippen molar-refractivity contribution >= 4 is 18.0 Å². The molecule has 1 aliphatic rings. The average molecular weight is 188 g/mol. The molecule has 14 heavy (non-hydrogen) atoms. The molecule has 0 atom stereocenters. The van der Waals surface area contributed by atoms with E-state index in [4.69, 9.17) is 4.74 Å². The highest BCUT2D eigenvalue weighted by Gasteiger charge is 2.13. The van der Waals surface area contributed by atoms with Gasteiger partial charge in [-0.05, 0) is 12.1 Å². The van der Waals surface area contributed by atoms with Crippen LogP contribution >= 0.6 is 0 Å². The lowest BCUT2D eigenvalue weighted by Crippen LogP contribution is -1.98. The zero-order valence-corrected chi connectivity index (χ0v) is 7.60. The van der Waals surface area contributed by atoms with Crippen molar-refractivity contribution in [3.63, 3.8) is 0 Å². The van der Waals surface area contributed by atoms with Gasteiger partial charge in [0.2, 0.25) is 0 Å². The van der Waals surface area contributed by atoms with Crippen LogP contribution in [-0.4, -0.2) is 25.1 Å². The molecule has 1 aromatic carbocycles. The molecule has 0 saturated carbocycles. The van der Waals surface area contributed by atoms with Gasteiger partial charge in [-0.3, -0.25) is 4.79 Å². The second-order valence-corrected chi connectivity index (χ2v) is 2.73. The maximum Gasteiger partial charge on any atom is 0.290 e. The van der Waals surface area contributed by atoms with E-state index in [2.05, 4.69) is 9.98 Å². The number of methoxy groups -OCH3 is 1. The summed E-state index contributed by atoms with van der Waals surface area (Å²) in [5.41, 5.74) is 0.733. The molecule has 0 saturated heterocycles. The average Bonchev–Trinajstić information content (AvgIpc) is 2.65. The maximum atomic E-state index is 10.8. The fraction of sp³-hybridized carbons (Fsp3) is 0.100. The first-order chi connectivity index (χ1) is 6.81. The lowest BCUT2D eigenvalue weighted by atomic mass is 10.2. The zero-order chi connectivity index (χ0) is 9.97. The Hall–Kier alpha value is -1.97. The van der Waals surface area contributed by atoms with Crippen LogP contribution in [0, 0.1) is 0 Å². The number of nitrogens with zero attached hydrogens (tertiary/aromatic N) is 2. The third kappa shape index (κ3) is 1.42. The highest BCUT2D eigenvalue weighted by molar-refractivity contribution is 6.37. The Morgan fingerprint density at radius 3 is 2.71 bits per heavy atom. The lowest BCUT2D eigenvalue weighted by Gasteiger charge is -2.04. The molecule has 0 aromatic heterocycles. The van der Waals surface area contributed by atoms with Crippen LogP contribution in [0.25, 0.3) is 0 Å². The summed E-state index contributed by atoms with van der Waals surface area (Å²) in [5, 5.41) is 0. The predicted octanol–water partition coefficient (Wildman–Crippen LogP) is 1.05. The van der Waals surface area contributed by atoms with Gasteiger partial charge in [0.15, 0.2) is 5.84 Å². The second kappa shape index (κ2) is 3.41. The van der Waals surface area contributed by atoms with E-state index in [9.17, 15) is 4.79 Å². The topological polar surface area (TPSA) is 51.0 Å². The molecule has 1 aliphatic heterocycles. The van der Waals surface area contributed by atoms with Gasteiger partial charge in [0.1, 0.15) is 5.75 Å². The van der Waals surface area contributed by atoms with Gasteiger partial charge in [-0.25, -0.2) is 4.99 Å². The molecule has 1 heterocycles. The van der Waals surface area contributed by atoms with Gasteiger partial charge < -0.3 is 4.74 Å². The predicted molar refractivity (Wildman–Crippen MR) is 53.0 cm³/mol. The Labute approximate surface area is 81.0 Å². The molecule has 2 rings (SSSR count). The van der Waals surface area contributed by atoms with Gasteiger partial charge in [-0.1, -0.05) is 12.1 Å². The molecule has 0 fully saturated rings. The summed E-state index contributed by atoms with van der Waals surface area (Å²) in [6, 6.07) is 7.31. The number of carbonyl (C=O) groups excluding carboxylic acids is 1. The molecule has 1 aromatic rings. The third-order valence-electron chi connectivity index (χ3n) is 1.86. The Morgan fingerprint density at radius 2 is 2.07 bits per heavy atom. The lowest BCUT2D eigenvalue weighted by molar-refractivity contribution is -0.111. The van der Waals surface area contributed by atoms with E-state index < -0.39 is 0 Å². The Balaban J connectivity index is 2.46. The van der Waals surface area contributed by atoms with Crippen LogP contribution in [-0.2, 0) is 4.79 Å². The van der Waals surface area contributed by atoms with Crippen molar-refractivity contribution in [2.45, 2.75) is 0 Å². The Morgan fingerprint density at radius 1 is 1.29 bits per heavy atom. The van der Waals surface area contributed by atoms with E-state index in [-0.39, 0.29) is 5.91 Å². The fourth-order valence-corrected chi connectivity index (χ4v) is 1.24. The van der Waals surface area contributed by atoms with Gasteiger partial charge >= 0.3 is 0 Å². The maximum absolute atomic E-state index is 10.8. The monoisotopic (exact) mass is 188 g/mol. The van der Waals surface area contributed by atoms with Crippen molar-refractivity contribution in [2.75, 3.05) is 7.11 Å². The van der Waals surface area contributed by atoms with E-state index in [1.807, 2.05) is 18.2 Å². The summed E-state index contributed by atoms with van der Waals surface area (Å²) in [6.07, 6.45) is 1.20. The molecule has 0 N–H and O–H groups in total. The van der Waals surface area contributed by atoms with Crippen molar-refractivity contribution in [1.82, 2.24) is 0 Å². The van der Waals surface area contributed by atoms with Crippen LogP contribution in [0.15, 0.2) is 34.3 Å². The van der Waals surface area contributed by atoms with E-state index in [1.54, 1.807) is 13.2 Å². The number of rotatable bonds is 2. The molecule has 0 bridgehead atoms. The molecule has 1 amide bonds. The number of hydrogen-bond acceptors (Lipinski definition) is 3. The Kier molecular flexibility index (Phi) is 2.10. The van der Waals surface area contributed by atoms with Gasteiger partial charge in [0.25, 0.3) is 5.91 Å². The van der Waals surface area contributed by atoms with E-state index >= 15 is 0 Å². The number of benzene rings is 1. The van der Waals surface area contributed by atoms with Crippen LogP contribution in [0.3, 0.4) is 0 Å². The number of para-hydroxylation sites is 1. The van der Waals surface area contributed by atoms with Crippen molar-refractivity contribution in [3.8, 4) is 5.75 Å².